The van der Waals surface area contributed by atoms with Gasteiger partial charge < -0.3 is 19.5 Å². The zero-order valence-corrected chi connectivity index (χ0v) is 18.2. The molecule has 31 heavy (non-hydrogen) atoms. The first-order valence-electron chi connectivity index (χ1n) is 10.2. The number of nitrogens with one attached hydrogen (secondary N) is 1. The van der Waals surface area contributed by atoms with Crippen LogP contribution in [0.1, 0.15) is 23.9 Å². The van der Waals surface area contributed by atoms with Gasteiger partial charge in [0.05, 0.1) is 6.04 Å². The predicted octanol–water partition coefficient (Wildman–Crippen LogP) is 4.91. The molecule has 160 valence electrons. The Kier molecular flexibility index (Phi) is 6.00. The Morgan fingerprint density at radius 2 is 1.90 bits per heavy atom. The third-order valence-corrected chi connectivity index (χ3v) is 5.87. The third-order valence-electron chi connectivity index (χ3n) is 5.64. The highest BCUT2D eigenvalue weighted by molar-refractivity contribution is 6.30. The van der Waals surface area contributed by atoms with Crippen LogP contribution in [0.2, 0.25) is 5.02 Å². The van der Waals surface area contributed by atoms with E-state index in [1.165, 1.54) is 0 Å². The summed E-state index contributed by atoms with van der Waals surface area (Å²) in [6.45, 7) is 3.30. The highest BCUT2D eigenvalue weighted by Crippen LogP contribution is 2.27. The van der Waals surface area contributed by atoms with Gasteiger partial charge in [0.15, 0.2) is 5.76 Å². The van der Waals surface area contributed by atoms with E-state index in [1.807, 2.05) is 43.4 Å². The van der Waals surface area contributed by atoms with E-state index in [9.17, 15) is 9.59 Å². The molecule has 0 bridgehead atoms. The normalized spacial score (nSPS) is 15.7. The Morgan fingerprint density at radius 3 is 2.61 bits per heavy atom. The summed E-state index contributed by atoms with van der Waals surface area (Å²) in [5.41, 5.74) is 2.57. The third kappa shape index (κ3) is 4.75. The number of anilines is 2. The molecule has 2 aromatic carbocycles. The number of nitrogens with zero attached hydrogens (tertiary/aromatic N) is 2. The van der Waals surface area contributed by atoms with Crippen LogP contribution in [-0.2, 0) is 4.79 Å². The number of furan rings is 1. The molecule has 6 nitrogen and oxygen atoms in total. The molecule has 0 spiro atoms. The quantitative estimate of drug-likeness (QED) is 0.616. The van der Waals surface area contributed by atoms with Crippen molar-refractivity contribution in [1.82, 2.24) is 4.90 Å². The molecule has 1 atom stereocenters. The number of amides is 2. The highest BCUT2D eigenvalue weighted by Gasteiger charge is 2.27. The Bertz CT molecular complexity index is 1090. The lowest BCUT2D eigenvalue weighted by molar-refractivity contribution is -0.129. The van der Waals surface area contributed by atoms with E-state index >= 15 is 0 Å². The van der Waals surface area contributed by atoms with Gasteiger partial charge in [0.25, 0.3) is 5.91 Å². The van der Waals surface area contributed by atoms with Gasteiger partial charge in [0.1, 0.15) is 5.76 Å². The zero-order chi connectivity index (χ0) is 22.0. The maximum absolute atomic E-state index is 12.6. The molecular weight excluding hydrogens is 414 g/mol. The molecular formula is C24H24ClN3O3. The van der Waals surface area contributed by atoms with E-state index in [4.69, 9.17) is 16.0 Å². The van der Waals surface area contributed by atoms with Crippen molar-refractivity contribution >= 4 is 34.8 Å². The van der Waals surface area contributed by atoms with Crippen molar-refractivity contribution in [2.24, 2.45) is 0 Å². The summed E-state index contributed by atoms with van der Waals surface area (Å²) in [7, 11) is 1.85. The number of hydrogen-bond donors (Lipinski definition) is 1. The monoisotopic (exact) mass is 437 g/mol. The minimum atomic E-state index is -0.314. The van der Waals surface area contributed by atoms with Gasteiger partial charge in [-0.15, -0.1) is 0 Å². The van der Waals surface area contributed by atoms with Crippen molar-refractivity contribution in [1.29, 1.82) is 0 Å². The topological polar surface area (TPSA) is 65.8 Å². The largest absolute Gasteiger partial charge is 0.451 e. The van der Waals surface area contributed by atoms with Crippen molar-refractivity contribution in [3.8, 4) is 11.3 Å². The first kappa shape index (κ1) is 21.0. The number of carbonyl (C=O) groups excluding carboxylic acids is 2. The second kappa shape index (κ2) is 8.86. The fourth-order valence-corrected chi connectivity index (χ4v) is 3.94. The fraction of sp³-hybridized carbons (Fsp3) is 0.250. The van der Waals surface area contributed by atoms with Gasteiger partial charge in [-0.1, -0.05) is 23.7 Å². The van der Waals surface area contributed by atoms with Crippen LogP contribution in [0.4, 0.5) is 11.4 Å². The first-order chi connectivity index (χ1) is 14.9. The smallest absolute Gasteiger partial charge is 0.291 e. The molecule has 1 saturated heterocycles. The lowest BCUT2D eigenvalue weighted by Crippen LogP contribution is -2.37. The summed E-state index contributed by atoms with van der Waals surface area (Å²) in [5, 5.41) is 3.47. The summed E-state index contributed by atoms with van der Waals surface area (Å²) < 4.78 is 5.71. The van der Waals surface area contributed by atoms with Crippen LogP contribution in [0, 0.1) is 0 Å². The number of hydrogen-bond acceptors (Lipinski definition) is 4. The molecule has 1 aromatic heterocycles. The van der Waals surface area contributed by atoms with Crippen molar-refractivity contribution in [2.45, 2.75) is 19.4 Å². The van der Waals surface area contributed by atoms with Gasteiger partial charge in [-0.2, -0.15) is 0 Å². The molecule has 1 aliphatic heterocycles. The van der Waals surface area contributed by atoms with Crippen LogP contribution in [0.5, 0.6) is 0 Å². The lowest BCUT2D eigenvalue weighted by Gasteiger charge is -2.24. The van der Waals surface area contributed by atoms with E-state index < -0.39 is 0 Å². The summed E-state index contributed by atoms with van der Waals surface area (Å²) in [6, 6.07) is 18.6. The van der Waals surface area contributed by atoms with Crippen LogP contribution in [0.15, 0.2) is 65.1 Å². The van der Waals surface area contributed by atoms with E-state index in [2.05, 4.69) is 10.2 Å². The number of halogens is 1. The van der Waals surface area contributed by atoms with E-state index in [0.717, 1.165) is 30.8 Å². The van der Waals surface area contributed by atoms with Crippen LogP contribution < -0.4 is 10.2 Å². The average molecular weight is 438 g/mol. The minimum Gasteiger partial charge on any atom is -0.451 e. The van der Waals surface area contributed by atoms with Gasteiger partial charge in [0.2, 0.25) is 5.91 Å². The van der Waals surface area contributed by atoms with E-state index in [0.29, 0.717) is 16.5 Å². The summed E-state index contributed by atoms with van der Waals surface area (Å²) in [6.07, 6.45) is 0.946. The molecule has 1 unspecified atom stereocenters. The molecule has 1 aliphatic rings. The maximum atomic E-state index is 12.6. The molecule has 0 aliphatic carbocycles. The molecule has 2 amide bonds. The van der Waals surface area contributed by atoms with E-state index in [1.54, 1.807) is 36.1 Å². The fourth-order valence-electron chi connectivity index (χ4n) is 3.75. The molecule has 3 aromatic rings. The summed E-state index contributed by atoms with van der Waals surface area (Å²) in [5.74, 6) is 0.586. The van der Waals surface area contributed by atoms with Gasteiger partial charge in [-0.05, 0) is 55.0 Å². The second-order valence-corrected chi connectivity index (χ2v) is 8.13. The molecule has 0 radical (unpaired) electrons. The lowest BCUT2D eigenvalue weighted by atomic mass is 10.2. The van der Waals surface area contributed by atoms with Crippen LogP contribution in [0.25, 0.3) is 11.3 Å². The number of likely N-dealkylation sites (N-methyl/N-ethyl adjacent to an activating group) is 1. The van der Waals surface area contributed by atoms with Gasteiger partial charge in [-0.3, -0.25) is 9.59 Å². The van der Waals surface area contributed by atoms with Gasteiger partial charge in [0, 0.05) is 49.0 Å². The van der Waals surface area contributed by atoms with E-state index in [-0.39, 0.29) is 23.6 Å². The number of carbonyl (C=O) groups is 2. The molecule has 4 rings (SSSR count). The first-order valence-corrected chi connectivity index (χ1v) is 10.5. The summed E-state index contributed by atoms with van der Waals surface area (Å²) in [4.78, 5) is 28.2. The zero-order valence-electron chi connectivity index (χ0n) is 17.5. The van der Waals surface area contributed by atoms with Crippen molar-refractivity contribution in [2.75, 3.05) is 30.4 Å². The molecule has 1 N–H and O–H groups in total. The summed E-state index contributed by atoms with van der Waals surface area (Å²) >= 11 is 6.03. The number of rotatable bonds is 5. The minimum absolute atomic E-state index is 0.0846. The Balaban J connectivity index is 1.38. The molecule has 2 heterocycles. The Morgan fingerprint density at radius 1 is 1.13 bits per heavy atom. The highest BCUT2D eigenvalue weighted by atomic mass is 35.5. The Labute approximate surface area is 186 Å². The predicted molar refractivity (Wildman–Crippen MR) is 123 cm³/mol. The van der Waals surface area contributed by atoms with Crippen molar-refractivity contribution in [3.63, 3.8) is 0 Å². The number of benzene rings is 2. The Hall–Kier alpha value is -3.25. The standard InChI is InChI=1S/C24H24ClN3O3/c1-16(29)27(2)21-12-13-28(15-21)20-8-6-19(7-9-20)26-24(30)23-11-10-22(31-23)17-4-3-5-18(25)14-17/h3-11,14,21H,12-13,15H2,1-2H3,(H,26,30). The molecule has 1 fully saturated rings. The van der Waals surface area contributed by atoms with Crippen molar-refractivity contribution < 1.29 is 14.0 Å². The van der Waals surface area contributed by atoms with Crippen molar-refractivity contribution in [3.05, 3.63) is 71.4 Å². The molecule has 0 saturated carbocycles. The maximum Gasteiger partial charge on any atom is 0.291 e. The average Bonchev–Trinajstić information content (AvgIpc) is 3.44. The van der Waals surface area contributed by atoms with Crippen LogP contribution in [-0.4, -0.2) is 42.9 Å². The second-order valence-electron chi connectivity index (χ2n) is 7.69. The van der Waals surface area contributed by atoms with Crippen LogP contribution >= 0.6 is 11.6 Å². The van der Waals surface area contributed by atoms with Gasteiger partial charge >= 0.3 is 0 Å². The van der Waals surface area contributed by atoms with Gasteiger partial charge in [-0.25, -0.2) is 0 Å². The SMILES string of the molecule is CC(=O)N(C)C1CCN(c2ccc(NC(=O)c3ccc(-c4cccc(Cl)c4)o3)cc2)C1. The van der Waals surface area contributed by atoms with Crippen LogP contribution in [0.3, 0.4) is 0 Å². The molecule has 7 heteroatoms.